The number of hydrogen-bond acceptors (Lipinski definition) is 4. The monoisotopic (exact) mass is 329 g/mol. The van der Waals surface area contributed by atoms with Crippen LogP contribution in [0.1, 0.15) is 31.2 Å². The van der Waals surface area contributed by atoms with Gasteiger partial charge in [-0.05, 0) is 31.7 Å². The fourth-order valence-electron chi connectivity index (χ4n) is 2.31. The van der Waals surface area contributed by atoms with E-state index in [0.29, 0.717) is 22.4 Å². The fraction of sp³-hybridized carbons (Fsp3) is 0.538. The van der Waals surface area contributed by atoms with E-state index in [1.54, 1.807) is 13.2 Å². The highest BCUT2D eigenvalue weighted by molar-refractivity contribution is 9.08. The van der Waals surface area contributed by atoms with Crippen molar-refractivity contribution >= 4 is 21.6 Å². The van der Waals surface area contributed by atoms with Crippen LogP contribution in [0, 0.1) is 10.1 Å². The number of rotatable bonds is 5. The van der Waals surface area contributed by atoms with Crippen LogP contribution in [0.3, 0.4) is 0 Å². The first-order valence-electron chi connectivity index (χ1n) is 6.23. The van der Waals surface area contributed by atoms with Crippen LogP contribution in [0.2, 0.25) is 0 Å². The molecule has 0 bridgehead atoms. The van der Waals surface area contributed by atoms with Crippen molar-refractivity contribution in [3.8, 4) is 11.5 Å². The molecule has 0 aliphatic heterocycles. The van der Waals surface area contributed by atoms with Crippen LogP contribution >= 0.6 is 15.9 Å². The Labute approximate surface area is 120 Å². The van der Waals surface area contributed by atoms with Crippen molar-refractivity contribution in [2.75, 3.05) is 7.11 Å². The largest absolute Gasteiger partial charge is 0.493 e. The number of alkyl halides is 1. The van der Waals surface area contributed by atoms with Gasteiger partial charge in [0.2, 0.25) is 0 Å². The van der Waals surface area contributed by atoms with Gasteiger partial charge in [0.1, 0.15) is 0 Å². The number of halogens is 1. The molecule has 5 nitrogen and oxygen atoms in total. The lowest BCUT2D eigenvalue weighted by atomic mass is 10.1. The molecule has 104 valence electrons. The zero-order chi connectivity index (χ0) is 13.8. The van der Waals surface area contributed by atoms with Gasteiger partial charge in [0.05, 0.1) is 24.2 Å². The van der Waals surface area contributed by atoms with Crippen LogP contribution in [0.15, 0.2) is 12.1 Å². The molecule has 0 atom stereocenters. The second kappa shape index (κ2) is 6.23. The predicted molar refractivity (Wildman–Crippen MR) is 75.2 cm³/mol. The number of benzene rings is 1. The molecule has 1 fully saturated rings. The van der Waals surface area contributed by atoms with E-state index >= 15 is 0 Å². The molecule has 0 heterocycles. The normalized spacial score (nSPS) is 15.5. The molecule has 0 radical (unpaired) electrons. The molecule has 2 rings (SSSR count). The predicted octanol–water partition coefficient (Wildman–Crippen LogP) is 3.82. The standard InChI is InChI=1S/C13H16BrNO4/c1-18-12-6-9(8-14)11(15(16)17)7-13(12)19-10-4-2-3-5-10/h6-7,10H,2-5,8H2,1H3. The van der Waals surface area contributed by atoms with Crippen molar-refractivity contribution in [2.24, 2.45) is 0 Å². The van der Waals surface area contributed by atoms with Crippen LogP contribution < -0.4 is 9.47 Å². The van der Waals surface area contributed by atoms with E-state index in [1.807, 2.05) is 0 Å². The molecule has 0 N–H and O–H groups in total. The van der Waals surface area contributed by atoms with Crippen molar-refractivity contribution in [3.05, 3.63) is 27.8 Å². The first-order chi connectivity index (χ1) is 9.15. The van der Waals surface area contributed by atoms with E-state index in [0.717, 1.165) is 25.7 Å². The van der Waals surface area contributed by atoms with Crippen LogP contribution in [0.5, 0.6) is 11.5 Å². The van der Waals surface area contributed by atoms with Gasteiger partial charge in [-0.3, -0.25) is 10.1 Å². The molecule has 1 aromatic rings. The number of ether oxygens (including phenoxy) is 2. The van der Waals surface area contributed by atoms with Crippen LogP contribution in [0.25, 0.3) is 0 Å². The molecular weight excluding hydrogens is 314 g/mol. The summed E-state index contributed by atoms with van der Waals surface area (Å²) in [6.07, 6.45) is 4.43. The number of hydrogen-bond donors (Lipinski definition) is 0. The summed E-state index contributed by atoms with van der Waals surface area (Å²) in [7, 11) is 1.54. The zero-order valence-corrected chi connectivity index (χ0v) is 12.3. The van der Waals surface area contributed by atoms with Gasteiger partial charge < -0.3 is 9.47 Å². The third kappa shape index (κ3) is 3.18. The van der Waals surface area contributed by atoms with Crippen LogP contribution in [0.4, 0.5) is 5.69 Å². The van der Waals surface area contributed by atoms with Crippen molar-refractivity contribution in [2.45, 2.75) is 37.1 Å². The summed E-state index contributed by atoms with van der Waals surface area (Å²) in [6, 6.07) is 3.13. The lowest BCUT2D eigenvalue weighted by Gasteiger charge is -2.16. The Balaban J connectivity index is 2.34. The summed E-state index contributed by atoms with van der Waals surface area (Å²) in [4.78, 5) is 10.7. The first-order valence-corrected chi connectivity index (χ1v) is 7.35. The van der Waals surface area contributed by atoms with Gasteiger partial charge in [0.25, 0.3) is 5.69 Å². The van der Waals surface area contributed by atoms with E-state index in [4.69, 9.17) is 9.47 Å². The van der Waals surface area contributed by atoms with Crippen molar-refractivity contribution in [1.29, 1.82) is 0 Å². The minimum Gasteiger partial charge on any atom is -0.493 e. The van der Waals surface area contributed by atoms with Crippen LogP contribution in [-0.2, 0) is 5.33 Å². The number of nitro groups is 1. The Morgan fingerprint density at radius 1 is 1.37 bits per heavy atom. The highest BCUT2D eigenvalue weighted by Crippen LogP contribution is 2.37. The third-order valence-corrected chi connectivity index (χ3v) is 3.91. The maximum atomic E-state index is 11.1. The summed E-state index contributed by atoms with van der Waals surface area (Å²) in [6.45, 7) is 0. The molecule has 6 heteroatoms. The van der Waals surface area contributed by atoms with Crippen LogP contribution in [-0.4, -0.2) is 18.1 Å². The Morgan fingerprint density at radius 3 is 2.58 bits per heavy atom. The molecular formula is C13H16BrNO4. The number of nitro benzene ring substituents is 1. The van der Waals surface area contributed by atoms with E-state index in [2.05, 4.69) is 15.9 Å². The second-order valence-corrected chi connectivity index (χ2v) is 5.11. The van der Waals surface area contributed by atoms with Crippen molar-refractivity contribution in [3.63, 3.8) is 0 Å². The van der Waals surface area contributed by atoms with E-state index < -0.39 is 4.92 Å². The topological polar surface area (TPSA) is 61.6 Å². The molecule has 0 unspecified atom stereocenters. The Hall–Kier alpha value is -1.30. The van der Waals surface area contributed by atoms with Crippen molar-refractivity contribution in [1.82, 2.24) is 0 Å². The van der Waals surface area contributed by atoms with Gasteiger partial charge in [-0.1, -0.05) is 15.9 Å². The highest BCUT2D eigenvalue weighted by Gasteiger charge is 2.23. The summed E-state index contributed by atoms with van der Waals surface area (Å²) < 4.78 is 11.1. The van der Waals surface area contributed by atoms with E-state index in [9.17, 15) is 10.1 Å². The van der Waals surface area contributed by atoms with Gasteiger partial charge in [-0.15, -0.1) is 0 Å². The van der Waals surface area contributed by atoms with Gasteiger partial charge in [0, 0.05) is 10.9 Å². The number of methoxy groups -OCH3 is 1. The molecule has 1 aromatic carbocycles. The molecule has 0 amide bonds. The molecule has 0 aromatic heterocycles. The summed E-state index contributed by atoms with van der Waals surface area (Å²) in [5.74, 6) is 1.01. The zero-order valence-electron chi connectivity index (χ0n) is 10.7. The third-order valence-electron chi connectivity index (χ3n) is 3.30. The first kappa shape index (κ1) is 14.1. The maximum absolute atomic E-state index is 11.1. The molecule has 1 aliphatic rings. The van der Waals surface area contributed by atoms with Gasteiger partial charge >= 0.3 is 0 Å². The fourth-order valence-corrected chi connectivity index (χ4v) is 2.75. The lowest BCUT2D eigenvalue weighted by molar-refractivity contribution is -0.385. The van der Waals surface area contributed by atoms with E-state index in [1.165, 1.54) is 6.07 Å². The lowest BCUT2D eigenvalue weighted by Crippen LogP contribution is -2.12. The molecule has 0 saturated heterocycles. The highest BCUT2D eigenvalue weighted by atomic mass is 79.9. The van der Waals surface area contributed by atoms with Crippen molar-refractivity contribution < 1.29 is 14.4 Å². The van der Waals surface area contributed by atoms with Gasteiger partial charge in [0.15, 0.2) is 11.5 Å². The molecule has 19 heavy (non-hydrogen) atoms. The Kier molecular flexibility index (Phi) is 4.63. The maximum Gasteiger partial charge on any atom is 0.277 e. The van der Waals surface area contributed by atoms with E-state index in [-0.39, 0.29) is 11.8 Å². The second-order valence-electron chi connectivity index (χ2n) is 4.55. The molecule has 0 spiro atoms. The minimum absolute atomic E-state index is 0.0608. The molecule has 1 saturated carbocycles. The number of nitrogens with zero attached hydrogens (tertiary/aromatic N) is 1. The summed E-state index contributed by atoms with van der Waals surface area (Å²) >= 11 is 3.25. The Bertz CT molecular complexity index is 472. The van der Waals surface area contributed by atoms with Gasteiger partial charge in [-0.2, -0.15) is 0 Å². The SMILES string of the molecule is COc1cc(CBr)c([N+](=O)[O-])cc1OC1CCCC1. The summed E-state index contributed by atoms with van der Waals surface area (Å²) in [5, 5.41) is 11.5. The average molecular weight is 330 g/mol. The quantitative estimate of drug-likeness (QED) is 0.468. The Morgan fingerprint density at radius 2 is 2.05 bits per heavy atom. The summed E-state index contributed by atoms with van der Waals surface area (Å²) in [5.41, 5.74) is 0.645. The van der Waals surface area contributed by atoms with Gasteiger partial charge in [-0.25, -0.2) is 0 Å². The average Bonchev–Trinajstić information content (AvgIpc) is 2.91. The molecule has 1 aliphatic carbocycles. The smallest absolute Gasteiger partial charge is 0.277 e. The minimum atomic E-state index is -0.391.